The second kappa shape index (κ2) is 33.0. The van der Waals surface area contributed by atoms with Gasteiger partial charge in [-0.05, 0) is 70.6 Å². The number of hydrogen-bond acceptors (Lipinski definition) is 4. The van der Waals surface area contributed by atoms with Gasteiger partial charge in [0.05, 0.1) is 13.2 Å². The van der Waals surface area contributed by atoms with Crippen LogP contribution >= 0.6 is 0 Å². The van der Waals surface area contributed by atoms with Crippen molar-refractivity contribution in [1.29, 1.82) is 0 Å². The predicted molar refractivity (Wildman–Crippen MR) is 172 cm³/mol. The molecular formula is C36H60O4. The lowest BCUT2D eigenvalue weighted by molar-refractivity contribution is -0.154. The average molecular weight is 557 g/mol. The zero-order valence-corrected chi connectivity index (χ0v) is 25.8. The highest BCUT2D eigenvalue weighted by molar-refractivity contribution is 5.69. The number of unbranched alkanes of at least 4 members (excludes halogenated alkanes) is 8. The van der Waals surface area contributed by atoms with Crippen LogP contribution in [0.25, 0.3) is 0 Å². The predicted octanol–water partition coefficient (Wildman–Crippen LogP) is 9.92. The van der Waals surface area contributed by atoms with Crippen LogP contribution in [0.1, 0.15) is 123 Å². The minimum Gasteiger partial charge on any atom is -0.457 e. The van der Waals surface area contributed by atoms with E-state index in [1.165, 1.54) is 44.9 Å². The van der Waals surface area contributed by atoms with Crippen molar-refractivity contribution < 1.29 is 19.4 Å². The highest BCUT2D eigenvalue weighted by atomic mass is 16.6. The molecule has 0 aromatic heterocycles. The number of carbonyl (C=O) groups is 1. The van der Waals surface area contributed by atoms with Crippen LogP contribution in [0.15, 0.2) is 72.9 Å². The Morgan fingerprint density at radius 3 is 1.73 bits per heavy atom. The first-order valence-corrected chi connectivity index (χ1v) is 16.0. The summed E-state index contributed by atoms with van der Waals surface area (Å²) in [7, 11) is 0. The minimum absolute atomic E-state index is 0.201. The summed E-state index contributed by atoms with van der Waals surface area (Å²) >= 11 is 0. The van der Waals surface area contributed by atoms with E-state index in [2.05, 4.69) is 86.8 Å². The Morgan fingerprint density at radius 1 is 0.625 bits per heavy atom. The fourth-order valence-corrected chi connectivity index (χ4v) is 3.89. The number of allylic oxidation sites excluding steroid dienone is 12. The second-order valence-electron chi connectivity index (χ2n) is 10.1. The molecule has 228 valence electrons. The van der Waals surface area contributed by atoms with Crippen molar-refractivity contribution in [2.75, 3.05) is 19.8 Å². The van der Waals surface area contributed by atoms with Crippen molar-refractivity contribution in [2.24, 2.45) is 0 Å². The Labute approximate surface area is 247 Å². The molecule has 1 atom stereocenters. The fraction of sp³-hybridized carbons (Fsp3) is 0.639. The molecule has 1 unspecified atom stereocenters. The summed E-state index contributed by atoms with van der Waals surface area (Å²) in [6.45, 7) is 5.07. The lowest BCUT2D eigenvalue weighted by Crippen LogP contribution is -2.27. The second-order valence-corrected chi connectivity index (χ2v) is 10.1. The molecule has 0 bridgehead atoms. The normalized spacial score (nSPS) is 13.4. The summed E-state index contributed by atoms with van der Waals surface area (Å²) in [6.07, 6.45) is 43.6. The largest absolute Gasteiger partial charge is 0.457 e. The van der Waals surface area contributed by atoms with Gasteiger partial charge in [0.25, 0.3) is 0 Å². The van der Waals surface area contributed by atoms with Gasteiger partial charge < -0.3 is 14.6 Å². The molecule has 0 aliphatic rings. The highest BCUT2D eigenvalue weighted by Crippen LogP contribution is 2.09. The van der Waals surface area contributed by atoms with E-state index < -0.39 is 6.10 Å². The summed E-state index contributed by atoms with van der Waals surface area (Å²) in [6, 6.07) is 0. The Bertz CT molecular complexity index is 714. The molecule has 0 fully saturated rings. The van der Waals surface area contributed by atoms with Crippen LogP contribution in [0.2, 0.25) is 0 Å². The Hall–Kier alpha value is -2.17. The number of esters is 1. The SMILES string of the molecule is CC/C=C\C/C=C\C/C=C\C/C=C\C/C=C\CCCC(=O)OC(CO)COCCCCCCCC/C=C\CCC. The van der Waals surface area contributed by atoms with Crippen molar-refractivity contribution in [3.63, 3.8) is 0 Å². The van der Waals surface area contributed by atoms with Crippen LogP contribution in [0.3, 0.4) is 0 Å². The third kappa shape index (κ3) is 30.4. The summed E-state index contributed by atoms with van der Waals surface area (Å²) in [5, 5.41) is 9.50. The van der Waals surface area contributed by atoms with Crippen molar-refractivity contribution in [3.05, 3.63) is 72.9 Å². The maximum atomic E-state index is 12.1. The zero-order valence-electron chi connectivity index (χ0n) is 25.8. The number of aliphatic hydroxyl groups is 1. The van der Waals surface area contributed by atoms with E-state index in [-0.39, 0.29) is 19.2 Å². The van der Waals surface area contributed by atoms with Gasteiger partial charge in [-0.25, -0.2) is 0 Å². The van der Waals surface area contributed by atoms with Gasteiger partial charge in [-0.2, -0.15) is 0 Å². The first-order valence-electron chi connectivity index (χ1n) is 16.0. The molecule has 0 rings (SSSR count). The molecule has 0 aromatic rings. The van der Waals surface area contributed by atoms with E-state index in [0.29, 0.717) is 13.0 Å². The zero-order chi connectivity index (χ0) is 29.2. The van der Waals surface area contributed by atoms with Gasteiger partial charge in [-0.1, -0.05) is 119 Å². The van der Waals surface area contributed by atoms with E-state index in [1.54, 1.807) is 0 Å². The highest BCUT2D eigenvalue weighted by Gasteiger charge is 2.13. The molecule has 0 aromatic carbocycles. The van der Waals surface area contributed by atoms with E-state index in [1.807, 2.05) is 0 Å². The first-order chi connectivity index (χ1) is 19.7. The quantitative estimate of drug-likeness (QED) is 0.0592. The number of rotatable bonds is 28. The monoisotopic (exact) mass is 556 g/mol. The number of hydrogen-bond donors (Lipinski definition) is 1. The number of carbonyl (C=O) groups excluding carboxylic acids is 1. The van der Waals surface area contributed by atoms with Crippen molar-refractivity contribution >= 4 is 5.97 Å². The molecule has 40 heavy (non-hydrogen) atoms. The van der Waals surface area contributed by atoms with Crippen molar-refractivity contribution in [1.82, 2.24) is 0 Å². The fourth-order valence-electron chi connectivity index (χ4n) is 3.89. The van der Waals surface area contributed by atoms with Gasteiger partial charge in [0.1, 0.15) is 6.10 Å². The third-order valence-electron chi connectivity index (χ3n) is 6.25. The molecule has 1 N–H and O–H groups in total. The summed E-state index contributed by atoms with van der Waals surface area (Å²) < 4.78 is 11.0. The van der Waals surface area contributed by atoms with Gasteiger partial charge in [0.2, 0.25) is 0 Å². The van der Waals surface area contributed by atoms with Crippen LogP contribution < -0.4 is 0 Å². The van der Waals surface area contributed by atoms with Crippen LogP contribution in [0.4, 0.5) is 0 Å². The van der Waals surface area contributed by atoms with Gasteiger partial charge in [0.15, 0.2) is 0 Å². The van der Waals surface area contributed by atoms with Gasteiger partial charge in [-0.15, -0.1) is 0 Å². The van der Waals surface area contributed by atoms with E-state index in [0.717, 1.165) is 57.8 Å². The summed E-state index contributed by atoms with van der Waals surface area (Å²) in [5.74, 6) is -0.264. The van der Waals surface area contributed by atoms with Gasteiger partial charge >= 0.3 is 5.97 Å². The third-order valence-corrected chi connectivity index (χ3v) is 6.25. The summed E-state index contributed by atoms with van der Waals surface area (Å²) in [4.78, 5) is 12.1. The Morgan fingerprint density at radius 2 is 1.12 bits per heavy atom. The van der Waals surface area contributed by atoms with Crippen LogP contribution in [-0.4, -0.2) is 37.0 Å². The average Bonchev–Trinajstić information content (AvgIpc) is 2.96. The maximum absolute atomic E-state index is 12.1. The van der Waals surface area contributed by atoms with Crippen molar-refractivity contribution in [3.8, 4) is 0 Å². The lowest BCUT2D eigenvalue weighted by atomic mass is 10.1. The standard InChI is InChI=1S/C36H60O4/c1-3-5-7-9-11-13-15-16-17-18-19-20-21-23-25-27-29-31-36(38)40-35(33-37)34-39-32-30-28-26-24-22-14-12-10-8-6-4-2/h5,7-8,10-11,13,16-17,19-20,23,25,35,37H,3-4,6,9,12,14-15,18,21-22,24,26-34H2,1-2H3/b7-5-,10-8-,13-11-,17-16-,20-19-,25-23-. The molecule has 0 aliphatic heterocycles. The van der Waals surface area contributed by atoms with E-state index in [9.17, 15) is 9.90 Å². The topological polar surface area (TPSA) is 55.8 Å². The molecule has 0 heterocycles. The van der Waals surface area contributed by atoms with Crippen molar-refractivity contribution in [2.45, 2.75) is 129 Å². The van der Waals surface area contributed by atoms with E-state index >= 15 is 0 Å². The molecule has 0 aliphatic carbocycles. The molecule has 0 spiro atoms. The summed E-state index contributed by atoms with van der Waals surface area (Å²) in [5.41, 5.74) is 0. The van der Waals surface area contributed by atoms with Gasteiger partial charge in [0, 0.05) is 13.0 Å². The smallest absolute Gasteiger partial charge is 0.306 e. The molecule has 4 heteroatoms. The maximum Gasteiger partial charge on any atom is 0.306 e. The number of ether oxygens (including phenoxy) is 2. The van der Waals surface area contributed by atoms with Crippen LogP contribution in [-0.2, 0) is 14.3 Å². The Kier molecular flexibility index (Phi) is 31.2. The van der Waals surface area contributed by atoms with E-state index in [4.69, 9.17) is 9.47 Å². The van der Waals surface area contributed by atoms with Gasteiger partial charge in [-0.3, -0.25) is 4.79 Å². The minimum atomic E-state index is -0.568. The molecule has 0 amide bonds. The van der Waals surface area contributed by atoms with Crippen LogP contribution in [0, 0.1) is 0 Å². The lowest BCUT2D eigenvalue weighted by Gasteiger charge is -2.15. The molecule has 0 saturated carbocycles. The molecular weight excluding hydrogens is 496 g/mol. The number of aliphatic hydroxyl groups excluding tert-OH is 1. The first kappa shape index (κ1) is 37.8. The van der Waals surface area contributed by atoms with Crippen LogP contribution in [0.5, 0.6) is 0 Å². The Balaban J connectivity index is 3.64. The molecule has 0 saturated heterocycles. The molecule has 4 nitrogen and oxygen atoms in total. The molecule has 0 radical (unpaired) electrons.